The van der Waals surface area contributed by atoms with Gasteiger partial charge in [0.25, 0.3) is 0 Å². The first-order valence-electron chi connectivity index (χ1n) is 9.20. The Hall–Kier alpha value is -0.960. The second kappa shape index (κ2) is 4.56. The van der Waals surface area contributed by atoms with Gasteiger partial charge >= 0.3 is 0 Å². The second-order valence-corrected chi connectivity index (χ2v) is 9.21. The molecule has 3 saturated carbocycles. The zero-order chi connectivity index (χ0) is 16.6. The van der Waals surface area contributed by atoms with Gasteiger partial charge in [0.1, 0.15) is 0 Å². The topological polar surface area (TPSA) is 54.4 Å². The molecule has 23 heavy (non-hydrogen) atoms. The molecule has 4 aliphatic carbocycles. The molecule has 126 valence electrons. The van der Waals surface area contributed by atoms with Crippen molar-refractivity contribution in [1.29, 1.82) is 0 Å². The fourth-order valence-electron chi connectivity index (χ4n) is 6.63. The maximum atomic E-state index is 12.8. The average Bonchev–Trinajstić information content (AvgIpc) is 2.72. The maximum Gasteiger partial charge on any atom is 0.159 e. The van der Waals surface area contributed by atoms with Crippen LogP contribution in [0.3, 0.4) is 0 Å². The van der Waals surface area contributed by atoms with Crippen molar-refractivity contribution in [2.45, 2.75) is 71.3 Å². The predicted octanol–water partition coefficient (Wildman–Crippen LogP) is 3.45. The summed E-state index contributed by atoms with van der Waals surface area (Å²) in [6.07, 6.45) is 7.63. The van der Waals surface area contributed by atoms with Crippen molar-refractivity contribution in [1.82, 2.24) is 0 Å². The van der Waals surface area contributed by atoms with Crippen LogP contribution in [0.1, 0.15) is 65.7 Å². The van der Waals surface area contributed by atoms with E-state index in [1.165, 1.54) is 0 Å². The van der Waals surface area contributed by atoms with Gasteiger partial charge in [-0.25, -0.2) is 0 Å². The molecule has 0 heterocycles. The van der Waals surface area contributed by atoms with Crippen molar-refractivity contribution >= 4 is 11.6 Å². The molecule has 4 rings (SSSR count). The van der Waals surface area contributed by atoms with Crippen LogP contribution >= 0.6 is 0 Å². The fraction of sp³-hybridized carbons (Fsp3) is 0.800. The minimum Gasteiger partial charge on any atom is -0.390 e. The molecule has 3 nitrogen and oxygen atoms in total. The monoisotopic (exact) mass is 316 g/mol. The number of carbonyl (C=O) groups excluding carboxylic acids is 2. The first kappa shape index (κ1) is 15.6. The highest BCUT2D eigenvalue weighted by molar-refractivity contribution is 6.05. The number of hydrogen-bond donors (Lipinski definition) is 1. The van der Waals surface area contributed by atoms with Gasteiger partial charge in [0.2, 0.25) is 0 Å². The van der Waals surface area contributed by atoms with Crippen molar-refractivity contribution in [3.63, 3.8) is 0 Å². The molecule has 0 aromatic rings. The Labute approximate surface area is 138 Å². The third-order valence-electron chi connectivity index (χ3n) is 8.35. The number of allylic oxidation sites excluding steroid dienone is 1. The predicted molar refractivity (Wildman–Crippen MR) is 87.7 cm³/mol. The first-order valence-corrected chi connectivity index (χ1v) is 9.20. The molecule has 4 aliphatic rings. The van der Waals surface area contributed by atoms with Gasteiger partial charge in [0.15, 0.2) is 11.6 Å². The lowest BCUT2D eigenvalue weighted by Gasteiger charge is -2.58. The molecule has 6 atom stereocenters. The van der Waals surface area contributed by atoms with Gasteiger partial charge in [-0.3, -0.25) is 9.59 Å². The molecular formula is C20H28O3. The van der Waals surface area contributed by atoms with Gasteiger partial charge in [-0.05, 0) is 73.7 Å². The first-order chi connectivity index (χ1) is 10.7. The van der Waals surface area contributed by atoms with Crippen LogP contribution in [0.2, 0.25) is 0 Å². The summed E-state index contributed by atoms with van der Waals surface area (Å²) in [5.74, 6) is 1.62. The van der Waals surface area contributed by atoms with Crippen molar-refractivity contribution in [3.05, 3.63) is 11.6 Å². The molecule has 0 saturated heterocycles. The molecule has 0 aromatic carbocycles. The van der Waals surface area contributed by atoms with Crippen LogP contribution < -0.4 is 0 Å². The zero-order valence-electron chi connectivity index (χ0n) is 14.5. The van der Waals surface area contributed by atoms with Gasteiger partial charge in [0.05, 0.1) is 5.60 Å². The summed E-state index contributed by atoms with van der Waals surface area (Å²) < 4.78 is 0. The van der Waals surface area contributed by atoms with Gasteiger partial charge in [-0.1, -0.05) is 13.8 Å². The number of aliphatic hydroxyl groups is 1. The highest BCUT2D eigenvalue weighted by Crippen LogP contribution is 2.66. The van der Waals surface area contributed by atoms with Crippen LogP contribution in [0.5, 0.6) is 0 Å². The number of rotatable bonds is 0. The van der Waals surface area contributed by atoms with E-state index in [1.54, 1.807) is 6.08 Å². The minimum atomic E-state index is -0.606. The molecule has 0 bridgehead atoms. The number of fused-ring (bicyclic) bond motifs is 5. The molecule has 0 aliphatic heterocycles. The maximum absolute atomic E-state index is 12.8. The summed E-state index contributed by atoms with van der Waals surface area (Å²) in [5, 5.41) is 10.9. The van der Waals surface area contributed by atoms with E-state index in [-0.39, 0.29) is 22.4 Å². The summed E-state index contributed by atoms with van der Waals surface area (Å²) in [5.41, 5.74) is 0.0224. The Kier molecular flexibility index (Phi) is 3.09. The summed E-state index contributed by atoms with van der Waals surface area (Å²) >= 11 is 0. The van der Waals surface area contributed by atoms with E-state index in [2.05, 4.69) is 13.8 Å². The number of Topliss-reactive ketones (excluding diaryl/α,β-unsaturated/α-hetero) is 1. The van der Waals surface area contributed by atoms with E-state index < -0.39 is 5.60 Å². The normalized spacial score (nSPS) is 52.5. The smallest absolute Gasteiger partial charge is 0.159 e. The summed E-state index contributed by atoms with van der Waals surface area (Å²) in [4.78, 5) is 24.6. The standard InChI is InChI=1S/C20H28O3/c1-18-7-4-12(21)10-16(18)17(22)11-13-14(18)5-8-19(2)15(13)6-9-20(19,3)23/h10,13-15,23H,4-9,11H2,1-3H3/t13?,14?,15?,18-,19+,20+/m1/s1. The third kappa shape index (κ3) is 1.86. The second-order valence-electron chi connectivity index (χ2n) is 9.21. The van der Waals surface area contributed by atoms with Gasteiger partial charge in [0, 0.05) is 18.4 Å². The van der Waals surface area contributed by atoms with E-state index in [1.807, 2.05) is 6.92 Å². The van der Waals surface area contributed by atoms with Gasteiger partial charge in [-0.2, -0.15) is 0 Å². The van der Waals surface area contributed by atoms with E-state index in [9.17, 15) is 14.7 Å². The Bertz CT molecular complexity index is 616. The Morgan fingerprint density at radius 2 is 1.74 bits per heavy atom. The molecule has 3 heteroatoms. The SMILES string of the molecule is C[C@]12CCC(=O)C=C1C(=O)CC1C2CC[C@@]2(C)C1CC[C@]2(C)O. The number of ketones is 2. The minimum absolute atomic E-state index is 0.0590. The third-order valence-corrected chi connectivity index (χ3v) is 8.35. The molecule has 0 amide bonds. The van der Waals surface area contributed by atoms with Crippen LogP contribution in [0.15, 0.2) is 11.6 Å². The molecule has 0 spiro atoms. The zero-order valence-corrected chi connectivity index (χ0v) is 14.5. The molecule has 3 unspecified atom stereocenters. The molecule has 3 fully saturated rings. The largest absolute Gasteiger partial charge is 0.390 e. The fourth-order valence-corrected chi connectivity index (χ4v) is 6.63. The van der Waals surface area contributed by atoms with Crippen molar-refractivity contribution < 1.29 is 14.7 Å². The highest BCUT2D eigenvalue weighted by atomic mass is 16.3. The Morgan fingerprint density at radius 1 is 1.04 bits per heavy atom. The van der Waals surface area contributed by atoms with Crippen LogP contribution in [0, 0.1) is 28.6 Å². The molecule has 1 N–H and O–H groups in total. The Morgan fingerprint density at radius 3 is 2.48 bits per heavy atom. The van der Waals surface area contributed by atoms with Crippen LogP contribution in [-0.2, 0) is 9.59 Å². The molecular weight excluding hydrogens is 288 g/mol. The molecule has 0 aromatic heterocycles. The van der Waals surface area contributed by atoms with Crippen molar-refractivity contribution in [3.8, 4) is 0 Å². The van der Waals surface area contributed by atoms with Gasteiger partial charge in [-0.15, -0.1) is 0 Å². The lowest BCUT2D eigenvalue weighted by molar-refractivity contribution is -0.140. The lowest BCUT2D eigenvalue weighted by Crippen LogP contribution is -2.55. The van der Waals surface area contributed by atoms with Crippen molar-refractivity contribution in [2.75, 3.05) is 0 Å². The summed E-state index contributed by atoms with van der Waals surface area (Å²) in [6.45, 7) is 6.45. The summed E-state index contributed by atoms with van der Waals surface area (Å²) in [7, 11) is 0. The quantitative estimate of drug-likeness (QED) is 0.745. The lowest BCUT2D eigenvalue weighted by atomic mass is 9.46. The summed E-state index contributed by atoms with van der Waals surface area (Å²) in [6, 6.07) is 0. The van der Waals surface area contributed by atoms with E-state index in [0.717, 1.165) is 37.7 Å². The van der Waals surface area contributed by atoms with Crippen LogP contribution in [0.25, 0.3) is 0 Å². The Balaban J connectivity index is 1.75. The number of carbonyl (C=O) groups is 2. The van der Waals surface area contributed by atoms with E-state index >= 15 is 0 Å². The van der Waals surface area contributed by atoms with Crippen molar-refractivity contribution in [2.24, 2.45) is 28.6 Å². The average molecular weight is 316 g/mol. The highest BCUT2D eigenvalue weighted by Gasteiger charge is 2.63. The van der Waals surface area contributed by atoms with Crippen LogP contribution in [-0.4, -0.2) is 22.3 Å². The molecule has 0 radical (unpaired) electrons. The van der Waals surface area contributed by atoms with Crippen LogP contribution in [0.4, 0.5) is 0 Å². The number of hydrogen-bond acceptors (Lipinski definition) is 3. The van der Waals surface area contributed by atoms with E-state index in [0.29, 0.717) is 30.6 Å². The van der Waals surface area contributed by atoms with E-state index in [4.69, 9.17) is 0 Å². The van der Waals surface area contributed by atoms with Gasteiger partial charge < -0.3 is 5.11 Å².